The first-order valence-electron chi connectivity index (χ1n) is 8.85. The number of ether oxygens (including phenoxy) is 2. The van der Waals surface area contributed by atoms with Crippen LogP contribution in [-0.2, 0) is 23.9 Å². The molecule has 0 unspecified atom stereocenters. The molecule has 0 spiro atoms. The van der Waals surface area contributed by atoms with Gasteiger partial charge in [-0.3, -0.25) is 4.79 Å². The van der Waals surface area contributed by atoms with Crippen molar-refractivity contribution >= 4 is 51.2 Å². The third-order valence-corrected chi connectivity index (χ3v) is 5.95. The van der Waals surface area contributed by atoms with Crippen molar-refractivity contribution < 1.29 is 23.9 Å². The van der Waals surface area contributed by atoms with Gasteiger partial charge in [0.1, 0.15) is 16.2 Å². The van der Waals surface area contributed by atoms with Gasteiger partial charge in [0.25, 0.3) is 0 Å². The molecule has 0 aliphatic carbocycles. The molecule has 10 heteroatoms. The second kappa shape index (κ2) is 10.4. The summed E-state index contributed by atoms with van der Waals surface area (Å²) in [5.74, 6) is -1.67. The van der Waals surface area contributed by atoms with Crippen molar-refractivity contribution in [3.8, 4) is 0 Å². The van der Waals surface area contributed by atoms with Crippen LogP contribution in [-0.4, -0.2) is 52.8 Å². The normalized spacial score (nSPS) is 10.9. The zero-order valence-electron chi connectivity index (χ0n) is 16.2. The Morgan fingerprint density at radius 2 is 1.79 bits per heavy atom. The van der Waals surface area contributed by atoms with E-state index in [2.05, 4.69) is 15.3 Å². The van der Waals surface area contributed by atoms with Gasteiger partial charge in [0.2, 0.25) is 11.9 Å². The molecule has 1 N–H and O–H groups in total. The number of fused-ring (bicyclic) bond motifs is 1. The van der Waals surface area contributed by atoms with Gasteiger partial charge in [-0.05, 0) is 33.3 Å². The Hall–Kier alpha value is -2.20. The van der Waals surface area contributed by atoms with E-state index in [1.54, 1.807) is 25.2 Å². The highest BCUT2D eigenvalue weighted by Gasteiger charge is 2.31. The van der Waals surface area contributed by atoms with Crippen LogP contribution in [0.1, 0.15) is 30.7 Å². The number of aryl methyl sites for hydroxylation is 2. The third-order valence-electron chi connectivity index (χ3n) is 3.85. The number of carbonyl (C=O) groups is 3. The molecule has 2 heterocycles. The largest absolute Gasteiger partial charge is 0.464 e. The summed E-state index contributed by atoms with van der Waals surface area (Å²) in [5.41, 5.74) is 1.14. The molecule has 0 aliphatic rings. The highest BCUT2D eigenvalue weighted by molar-refractivity contribution is 7.99. The van der Waals surface area contributed by atoms with E-state index in [4.69, 9.17) is 9.47 Å². The lowest BCUT2D eigenvalue weighted by Gasteiger charge is -2.15. The predicted octanol–water partition coefficient (Wildman–Crippen LogP) is 2.40. The Morgan fingerprint density at radius 3 is 2.39 bits per heavy atom. The van der Waals surface area contributed by atoms with Crippen LogP contribution in [0.4, 0.5) is 0 Å². The van der Waals surface area contributed by atoms with Gasteiger partial charge in [-0.15, -0.1) is 23.1 Å². The Kier molecular flexibility index (Phi) is 8.18. The van der Waals surface area contributed by atoms with Crippen LogP contribution >= 0.6 is 23.1 Å². The Bertz CT molecular complexity index is 850. The second-order valence-electron chi connectivity index (χ2n) is 5.75. The maximum atomic E-state index is 12.2. The number of nitrogens with zero attached hydrogens (tertiary/aromatic N) is 2. The molecule has 0 saturated heterocycles. The van der Waals surface area contributed by atoms with Crippen molar-refractivity contribution in [3.63, 3.8) is 0 Å². The van der Waals surface area contributed by atoms with Gasteiger partial charge in [0.05, 0.1) is 13.2 Å². The quantitative estimate of drug-likeness (QED) is 0.282. The predicted molar refractivity (Wildman–Crippen MR) is 107 cm³/mol. The molecule has 8 nitrogen and oxygen atoms in total. The van der Waals surface area contributed by atoms with Gasteiger partial charge < -0.3 is 14.8 Å². The van der Waals surface area contributed by atoms with E-state index in [0.29, 0.717) is 5.75 Å². The van der Waals surface area contributed by atoms with Gasteiger partial charge >= 0.3 is 11.9 Å². The van der Waals surface area contributed by atoms with Crippen LogP contribution in [0.5, 0.6) is 0 Å². The fourth-order valence-corrected chi connectivity index (χ4v) is 4.46. The fraction of sp³-hybridized carbons (Fsp3) is 0.500. The van der Waals surface area contributed by atoms with Gasteiger partial charge in [0.15, 0.2) is 0 Å². The van der Waals surface area contributed by atoms with Crippen LogP contribution in [0.3, 0.4) is 0 Å². The standard InChI is InChI=1S/C18H23N3O5S2/c1-5-25-17(23)14(18(24)26-6-2)21-12(22)7-8-27-15-13-10(3)11(4)28-16(13)20-9-19-15/h9,14H,5-8H2,1-4H3,(H,21,22). The van der Waals surface area contributed by atoms with Crippen molar-refractivity contribution in [1.29, 1.82) is 0 Å². The van der Waals surface area contributed by atoms with Crippen molar-refractivity contribution in [1.82, 2.24) is 15.3 Å². The van der Waals surface area contributed by atoms with Crippen LogP contribution in [0, 0.1) is 13.8 Å². The van der Waals surface area contributed by atoms with Crippen molar-refractivity contribution in [2.75, 3.05) is 19.0 Å². The van der Waals surface area contributed by atoms with Crippen LogP contribution in [0.25, 0.3) is 10.2 Å². The van der Waals surface area contributed by atoms with Gasteiger partial charge in [-0.2, -0.15) is 0 Å². The number of nitrogens with one attached hydrogen (secondary N) is 1. The number of rotatable bonds is 9. The number of hydrogen-bond acceptors (Lipinski definition) is 9. The first-order valence-corrected chi connectivity index (χ1v) is 10.6. The molecule has 0 bridgehead atoms. The first kappa shape index (κ1) is 22.1. The Morgan fingerprint density at radius 1 is 1.14 bits per heavy atom. The molecule has 28 heavy (non-hydrogen) atoms. The topological polar surface area (TPSA) is 107 Å². The molecule has 152 valence electrons. The molecule has 2 aromatic heterocycles. The van der Waals surface area contributed by atoms with E-state index in [1.807, 2.05) is 13.8 Å². The summed E-state index contributed by atoms with van der Waals surface area (Å²) in [4.78, 5) is 46.8. The number of esters is 2. The fourth-order valence-electron chi connectivity index (χ4n) is 2.40. The number of hydrogen-bond donors (Lipinski definition) is 1. The minimum absolute atomic E-state index is 0.101. The van der Waals surface area contributed by atoms with Gasteiger partial charge in [0, 0.05) is 22.4 Å². The lowest BCUT2D eigenvalue weighted by atomic mass is 10.2. The third kappa shape index (κ3) is 5.41. The number of amides is 1. The molecule has 0 aliphatic heterocycles. The van der Waals surface area contributed by atoms with Crippen LogP contribution < -0.4 is 5.32 Å². The summed E-state index contributed by atoms with van der Waals surface area (Å²) >= 11 is 3.04. The van der Waals surface area contributed by atoms with Gasteiger partial charge in [-0.1, -0.05) is 0 Å². The van der Waals surface area contributed by atoms with Crippen LogP contribution in [0.15, 0.2) is 11.4 Å². The first-order chi connectivity index (χ1) is 13.4. The van der Waals surface area contributed by atoms with Crippen molar-refractivity contribution in [2.24, 2.45) is 0 Å². The number of aromatic nitrogens is 2. The smallest absolute Gasteiger partial charge is 0.340 e. The lowest BCUT2D eigenvalue weighted by molar-refractivity contribution is -0.159. The molecule has 1 amide bonds. The second-order valence-corrected chi connectivity index (χ2v) is 8.03. The molecule has 2 aromatic rings. The number of thioether (sulfide) groups is 1. The Balaban J connectivity index is 1.97. The zero-order chi connectivity index (χ0) is 20.7. The summed E-state index contributed by atoms with van der Waals surface area (Å²) in [7, 11) is 0. The number of carbonyl (C=O) groups excluding carboxylic acids is 3. The van der Waals surface area contributed by atoms with E-state index >= 15 is 0 Å². The summed E-state index contributed by atoms with van der Waals surface area (Å²) in [6, 6.07) is -1.45. The van der Waals surface area contributed by atoms with Gasteiger partial charge in [-0.25, -0.2) is 19.6 Å². The van der Waals surface area contributed by atoms with Crippen LogP contribution in [0.2, 0.25) is 0 Å². The molecule has 0 aromatic carbocycles. The molecule has 0 fully saturated rings. The van der Waals surface area contributed by atoms with E-state index in [0.717, 1.165) is 20.8 Å². The summed E-state index contributed by atoms with van der Waals surface area (Å²) in [6.45, 7) is 7.50. The minimum atomic E-state index is -1.45. The lowest BCUT2D eigenvalue weighted by Crippen LogP contribution is -2.48. The highest BCUT2D eigenvalue weighted by Crippen LogP contribution is 2.34. The SMILES string of the molecule is CCOC(=O)C(NC(=O)CCSc1ncnc2sc(C)c(C)c12)C(=O)OCC. The zero-order valence-corrected chi connectivity index (χ0v) is 17.9. The molecule has 0 radical (unpaired) electrons. The molecular weight excluding hydrogens is 402 g/mol. The maximum Gasteiger partial charge on any atom is 0.340 e. The molecule has 2 rings (SSSR count). The molecule has 0 atom stereocenters. The summed E-state index contributed by atoms with van der Waals surface area (Å²) < 4.78 is 9.67. The Labute approximate surface area is 171 Å². The molecular formula is C18H23N3O5S2. The van der Waals surface area contributed by atoms with E-state index < -0.39 is 23.9 Å². The number of thiophene rings is 1. The average molecular weight is 426 g/mol. The van der Waals surface area contributed by atoms with Crippen molar-refractivity contribution in [3.05, 3.63) is 16.8 Å². The monoisotopic (exact) mass is 425 g/mol. The molecule has 0 saturated carbocycles. The van der Waals surface area contributed by atoms with E-state index in [-0.39, 0.29) is 19.6 Å². The summed E-state index contributed by atoms with van der Waals surface area (Å²) in [5, 5.41) is 4.21. The maximum absolute atomic E-state index is 12.2. The highest BCUT2D eigenvalue weighted by atomic mass is 32.2. The average Bonchev–Trinajstić information content (AvgIpc) is 2.95. The minimum Gasteiger partial charge on any atom is -0.464 e. The van der Waals surface area contributed by atoms with E-state index in [9.17, 15) is 14.4 Å². The van der Waals surface area contributed by atoms with Crippen molar-refractivity contribution in [2.45, 2.75) is 45.2 Å². The van der Waals surface area contributed by atoms with E-state index in [1.165, 1.54) is 23.0 Å². The summed E-state index contributed by atoms with van der Waals surface area (Å²) in [6.07, 6.45) is 1.62.